The quantitative estimate of drug-likeness (QED) is 0.841. The Hall–Kier alpha value is -0.890. The van der Waals surface area contributed by atoms with E-state index in [1.807, 2.05) is 19.1 Å². The van der Waals surface area contributed by atoms with E-state index >= 15 is 0 Å². The molecular weight excluding hydrogens is 213 g/mol. The summed E-state index contributed by atoms with van der Waals surface area (Å²) in [5.41, 5.74) is 2.07. The first kappa shape index (κ1) is 12.6. The van der Waals surface area contributed by atoms with Crippen LogP contribution < -0.4 is 5.32 Å². The predicted molar refractivity (Wildman–Crippen MR) is 69.8 cm³/mol. The van der Waals surface area contributed by atoms with Crippen molar-refractivity contribution < 1.29 is 4.39 Å². The number of benzene rings is 1. The number of aryl methyl sites for hydroxylation is 1. The summed E-state index contributed by atoms with van der Waals surface area (Å²) in [7, 11) is 0. The fourth-order valence-corrected chi connectivity index (χ4v) is 2.93. The smallest absolute Gasteiger partial charge is 0.126 e. The molecule has 1 saturated carbocycles. The van der Waals surface area contributed by atoms with Gasteiger partial charge in [-0.15, -0.1) is 0 Å². The normalized spacial score (nSPS) is 24.9. The minimum absolute atomic E-state index is 0.0930. The highest BCUT2D eigenvalue weighted by molar-refractivity contribution is 5.28. The zero-order valence-electron chi connectivity index (χ0n) is 10.8. The lowest BCUT2D eigenvalue weighted by Crippen LogP contribution is -2.37. The van der Waals surface area contributed by atoms with Crippen molar-refractivity contribution in [1.82, 2.24) is 5.32 Å². The Morgan fingerprint density at radius 1 is 1.29 bits per heavy atom. The standard InChI is InChI=1S/C15H22FN/c1-3-17-15-7-5-4-6-13(15)12-8-9-14(16)11(2)10-12/h8-10,13,15,17H,3-7H2,1-2H3. The lowest BCUT2D eigenvalue weighted by Gasteiger charge is -2.32. The Labute approximate surface area is 103 Å². The van der Waals surface area contributed by atoms with Gasteiger partial charge in [0.05, 0.1) is 0 Å². The first-order valence-corrected chi connectivity index (χ1v) is 6.71. The molecule has 2 rings (SSSR count). The Bertz CT molecular complexity index is 373. The molecule has 1 nitrogen and oxygen atoms in total. The summed E-state index contributed by atoms with van der Waals surface area (Å²) in [5, 5.41) is 3.57. The number of rotatable bonds is 3. The molecule has 0 spiro atoms. The van der Waals surface area contributed by atoms with Gasteiger partial charge in [-0.1, -0.05) is 31.9 Å². The number of hydrogen-bond acceptors (Lipinski definition) is 1. The highest BCUT2D eigenvalue weighted by Crippen LogP contribution is 2.33. The topological polar surface area (TPSA) is 12.0 Å². The Kier molecular flexibility index (Phi) is 4.16. The second-order valence-electron chi connectivity index (χ2n) is 5.06. The van der Waals surface area contributed by atoms with E-state index in [1.54, 1.807) is 6.07 Å². The lowest BCUT2D eigenvalue weighted by molar-refractivity contribution is 0.332. The zero-order valence-corrected chi connectivity index (χ0v) is 10.8. The molecular formula is C15H22FN. The maximum Gasteiger partial charge on any atom is 0.126 e. The van der Waals surface area contributed by atoms with Crippen LogP contribution in [-0.4, -0.2) is 12.6 Å². The maximum atomic E-state index is 13.3. The summed E-state index contributed by atoms with van der Waals surface area (Å²) < 4.78 is 13.3. The van der Waals surface area contributed by atoms with Gasteiger partial charge in [0.15, 0.2) is 0 Å². The molecule has 1 aliphatic carbocycles. The van der Waals surface area contributed by atoms with Gasteiger partial charge in [-0.3, -0.25) is 0 Å². The SMILES string of the molecule is CCNC1CCCCC1c1ccc(F)c(C)c1. The van der Waals surface area contributed by atoms with Gasteiger partial charge in [-0.05, 0) is 49.4 Å². The molecule has 94 valence electrons. The maximum absolute atomic E-state index is 13.3. The molecule has 2 unspecified atom stereocenters. The molecule has 17 heavy (non-hydrogen) atoms. The molecule has 0 radical (unpaired) electrons. The van der Waals surface area contributed by atoms with Gasteiger partial charge in [0, 0.05) is 6.04 Å². The van der Waals surface area contributed by atoms with Gasteiger partial charge >= 0.3 is 0 Å². The summed E-state index contributed by atoms with van der Waals surface area (Å²) in [4.78, 5) is 0. The van der Waals surface area contributed by atoms with Gasteiger partial charge < -0.3 is 5.32 Å². The largest absolute Gasteiger partial charge is 0.314 e. The van der Waals surface area contributed by atoms with Crippen molar-refractivity contribution in [3.8, 4) is 0 Å². The van der Waals surface area contributed by atoms with Crippen LogP contribution in [0.15, 0.2) is 18.2 Å². The Morgan fingerprint density at radius 2 is 2.06 bits per heavy atom. The van der Waals surface area contributed by atoms with E-state index in [2.05, 4.69) is 12.2 Å². The van der Waals surface area contributed by atoms with E-state index in [-0.39, 0.29) is 5.82 Å². The average molecular weight is 235 g/mol. The molecule has 1 N–H and O–H groups in total. The van der Waals surface area contributed by atoms with Crippen LogP contribution in [0.25, 0.3) is 0 Å². The molecule has 0 aliphatic heterocycles. The molecule has 0 heterocycles. The van der Waals surface area contributed by atoms with Crippen LogP contribution >= 0.6 is 0 Å². The summed E-state index contributed by atoms with van der Waals surface area (Å²) in [6, 6.07) is 6.17. The molecule has 2 heteroatoms. The minimum Gasteiger partial charge on any atom is -0.314 e. The van der Waals surface area contributed by atoms with Crippen LogP contribution in [-0.2, 0) is 0 Å². The first-order valence-electron chi connectivity index (χ1n) is 6.71. The summed E-state index contributed by atoms with van der Waals surface area (Å²) >= 11 is 0. The van der Waals surface area contributed by atoms with Crippen molar-refractivity contribution in [1.29, 1.82) is 0 Å². The molecule has 0 aromatic heterocycles. The van der Waals surface area contributed by atoms with Gasteiger partial charge in [-0.2, -0.15) is 0 Å². The second kappa shape index (κ2) is 5.63. The van der Waals surface area contributed by atoms with Crippen LogP contribution in [0.4, 0.5) is 4.39 Å². The number of halogens is 1. The highest BCUT2D eigenvalue weighted by Gasteiger charge is 2.25. The van der Waals surface area contributed by atoms with Crippen molar-refractivity contribution >= 4 is 0 Å². The molecule has 1 aromatic carbocycles. The van der Waals surface area contributed by atoms with Crippen molar-refractivity contribution in [3.63, 3.8) is 0 Å². The number of nitrogens with one attached hydrogen (secondary N) is 1. The van der Waals surface area contributed by atoms with E-state index in [0.29, 0.717) is 12.0 Å². The zero-order chi connectivity index (χ0) is 12.3. The van der Waals surface area contributed by atoms with Crippen LogP contribution in [0, 0.1) is 12.7 Å². The predicted octanol–water partition coefficient (Wildman–Crippen LogP) is 3.77. The third-order valence-electron chi connectivity index (χ3n) is 3.84. The van der Waals surface area contributed by atoms with Crippen molar-refractivity contribution in [2.24, 2.45) is 0 Å². The summed E-state index contributed by atoms with van der Waals surface area (Å²) in [5.74, 6) is 0.465. The van der Waals surface area contributed by atoms with Crippen LogP contribution in [0.5, 0.6) is 0 Å². The van der Waals surface area contributed by atoms with Crippen LogP contribution in [0.3, 0.4) is 0 Å². The van der Waals surface area contributed by atoms with Crippen LogP contribution in [0.1, 0.15) is 49.7 Å². The fraction of sp³-hybridized carbons (Fsp3) is 0.600. The van der Waals surface area contributed by atoms with Gasteiger partial charge in [0.2, 0.25) is 0 Å². The molecule has 1 aliphatic rings. The summed E-state index contributed by atoms with van der Waals surface area (Å²) in [6.07, 6.45) is 5.08. The molecule has 2 atom stereocenters. The Balaban J connectivity index is 2.20. The Morgan fingerprint density at radius 3 is 2.76 bits per heavy atom. The van der Waals surface area contributed by atoms with Gasteiger partial charge in [-0.25, -0.2) is 4.39 Å². The molecule has 1 fully saturated rings. The highest BCUT2D eigenvalue weighted by atomic mass is 19.1. The summed E-state index contributed by atoms with van der Waals surface area (Å²) in [6.45, 7) is 5.02. The lowest BCUT2D eigenvalue weighted by atomic mass is 9.79. The van der Waals surface area contributed by atoms with Crippen molar-refractivity contribution in [2.75, 3.05) is 6.54 Å². The molecule has 0 amide bonds. The molecule has 1 aromatic rings. The van der Waals surface area contributed by atoms with Gasteiger partial charge in [0.25, 0.3) is 0 Å². The fourth-order valence-electron chi connectivity index (χ4n) is 2.93. The third-order valence-corrected chi connectivity index (χ3v) is 3.84. The monoisotopic (exact) mass is 235 g/mol. The minimum atomic E-state index is -0.0930. The van der Waals surface area contributed by atoms with E-state index < -0.39 is 0 Å². The van der Waals surface area contributed by atoms with E-state index in [1.165, 1.54) is 31.2 Å². The van der Waals surface area contributed by atoms with E-state index in [0.717, 1.165) is 12.1 Å². The van der Waals surface area contributed by atoms with Crippen LogP contribution in [0.2, 0.25) is 0 Å². The van der Waals surface area contributed by atoms with Crippen molar-refractivity contribution in [3.05, 3.63) is 35.1 Å². The average Bonchev–Trinajstić information content (AvgIpc) is 2.34. The van der Waals surface area contributed by atoms with Crippen molar-refractivity contribution in [2.45, 2.75) is 51.5 Å². The molecule has 0 bridgehead atoms. The van der Waals surface area contributed by atoms with Gasteiger partial charge in [0.1, 0.15) is 5.82 Å². The second-order valence-corrected chi connectivity index (χ2v) is 5.06. The van der Waals surface area contributed by atoms with E-state index in [9.17, 15) is 4.39 Å². The number of likely N-dealkylation sites (N-methyl/N-ethyl adjacent to an activating group) is 1. The number of hydrogen-bond donors (Lipinski definition) is 1. The van der Waals surface area contributed by atoms with E-state index in [4.69, 9.17) is 0 Å². The molecule has 0 saturated heterocycles. The third kappa shape index (κ3) is 2.86. The first-order chi connectivity index (χ1) is 8.22.